The highest BCUT2D eigenvalue weighted by Crippen LogP contribution is 2.28. The van der Waals surface area contributed by atoms with Crippen LogP contribution in [0.4, 0.5) is 4.39 Å². The minimum absolute atomic E-state index is 0.0305. The van der Waals surface area contributed by atoms with Gasteiger partial charge in [0.1, 0.15) is 5.82 Å². The molecule has 5 nitrogen and oxygen atoms in total. The largest absolute Gasteiger partial charge is 0.243 e. The van der Waals surface area contributed by atoms with Gasteiger partial charge in [-0.15, -0.1) is 11.3 Å². The Hall–Kier alpha value is -1.29. The molecule has 0 N–H and O–H groups in total. The molecule has 1 aromatic carbocycles. The molecule has 0 spiro atoms. The van der Waals surface area contributed by atoms with Crippen molar-refractivity contribution in [3.05, 3.63) is 52.5 Å². The number of hydrogen-bond acceptors (Lipinski definition) is 5. The monoisotopic (exact) mass is 389 g/mol. The number of halogens is 1. The van der Waals surface area contributed by atoms with Gasteiger partial charge in [0.2, 0.25) is 10.0 Å². The Morgan fingerprint density at radius 3 is 2.62 bits per heavy atom. The number of nitrogens with zero attached hydrogens (tertiary/aromatic N) is 1. The molecule has 1 saturated heterocycles. The zero-order valence-electron chi connectivity index (χ0n) is 12.6. The van der Waals surface area contributed by atoms with Crippen LogP contribution in [-0.4, -0.2) is 38.7 Å². The summed E-state index contributed by atoms with van der Waals surface area (Å²) in [6, 6.07) is 7.74. The van der Waals surface area contributed by atoms with Crippen molar-refractivity contribution in [2.24, 2.45) is 0 Å². The zero-order valence-corrected chi connectivity index (χ0v) is 15.1. The van der Waals surface area contributed by atoms with Crippen LogP contribution < -0.4 is 0 Å². The molecule has 0 aliphatic carbocycles. The van der Waals surface area contributed by atoms with Crippen LogP contribution in [-0.2, 0) is 26.4 Å². The second-order valence-electron chi connectivity index (χ2n) is 5.64. The Bertz CT molecular complexity index is 923. The fraction of sp³-hybridized carbons (Fsp3) is 0.333. The van der Waals surface area contributed by atoms with Gasteiger partial charge in [0.15, 0.2) is 9.84 Å². The van der Waals surface area contributed by atoms with Gasteiger partial charge in [-0.05, 0) is 36.1 Å². The predicted molar refractivity (Wildman–Crippen MR) is 90.5 cm³/mol. The SMILES string of the molecule is O=S1(=O)CC[C@@H](N(Cc2cccs2)S(=O)(=O)c2cccc(F)c2)C1. The molecule has 0 unspecified atom stereocenters. The van der Waals surface area contributed by atoms with E-state index in [0.717, 1.165) is 10.9 Å². The van der Waals surface area contributed by atoms with Gasteiger partial charge in [-0.1, -0.05) is 12.1 Å². The molecule has 0 saturated carbocycles. The van der Waals surface area contributed by atoms with Crippen molar-refractivity contribution in [1.82, 2.24) is 4.31 Å². The smallest absolute Gasteiger partial charge is 0.229 e. The van der Waals surface area contributed by atoms with Crippen molar-refractivity contribution in [2.75, 3.05) is 11.5 Å². The van der Waals surface area contributed by atoms with Gasteiger partial charge in [0.25, 0.3) is 0 Å². The lowest BCUT2D eigenvalue weighted by atomic mass is 10.2. The van der Waals surface area contributed by atoms with Crippen molar-refractivity contribution in [2.45, 2.75) is 23.9 Å². The van der Waals surface area contributed by atoms with Crippen LogP contribution in [0.3, 0.4) is 0 Å². The minimum atomic E-state index is -4.00. The van der Waals surface area contributed by atoms with E-state index in [4.69, 9.17) is 0 Å². The third kappa shape index (κ3) is 3.69. The van der Waals surface area contributed by atoms with E-state index in [0.29, 0.717) is 0 Å². The lowest BCUT2D eigenvalue weighted by Gasteiger charge is -2.27. The summed E-state index contributed by atoms with van der Waals surface area (Å²) >= 11 is 1.39. The Balaban J connectivity index is 2.00. The summed E-state index contributed by atoms with van der Waals surface area (Å²) in [7, 11) is -7.24. The summed E-state index contributed by atoms with van der Waals surface area (Å²) in [5, 5.41) is 1.83. The number of sulfonamides is 1. The molecule has 24 heavy (non-hydrogen) atoms. The maximum absolute atomic E-state index is 13.5. The Kier molecular flexibility index (Phi) is 4.78. The predicted octanol–water partition coefficient (Wildman–Crippen LogP) is 2.27. The van der Waals surface area contributed by atoms with Crippen molar-refractivity contribution in [3.8, 4) is 0 Å². The number of rotatable bonds is 5. The normalized spacial score (nSPS) is 20.5. The van der Waals surface area contributed by atoms with Gasteiger partial charge in [-0.25, -0.2) is 21.2 Å². The topological polar surface area (TPSA) is 71.5 Å². The molecule has 1 atom stereocenters. The van der Waals surface area contributed by atoms with Crippen molar-refractivity contribution in [3.63, 3.8) is 0 Å². The molecule has 2 heterocycles. The van der Waals surface area contributed by atoms with Crippen LogP contribution in [0.2, 0.25) is 0 Å². The molecule has 0 bridgehead atoms. The third-order valence-corrected chi connectivity index (χ3v) is 8.42. The lowest BCUT2D eigenvalue weighted by Crippen LogP contribution is -2.40. The average molecular weight is 389 g/mol. The zero-order chi connectivity index (χ0) is 17.4. The maximum Gasteiger partial charge on any atom is 0.243 e. The number of hydrogen-bond donors (Lipinski definition) is 0. The van der Waals surface area contributed by atoms with Crippen LogP contribution >= 0.6 is 11.3 Å². The van der Waals surface area contributed by atoms with Crippen LogP contribution in [0.15, 0.2) is 46.7 Å². The van der Waals surface area contributed by atoms with Crippen LogP contribution in [0.5, 0.6) is 0 Å². The number of benzene rings is 1. The molecule has 1 aliphatic rings. The van der Waals surface area contributed by atoms with E-state index in [9.17, 15) is 21.2 Å². The number of sulfone groups is 1. The van der Waals surface area contributed by atoms with E-state index in [1.54, 1.807) is 12.1 Å². The molecule has 1 aliphatic heterocycles. The quantitative estimate of drug-likeness (QED) is 0.786. The molecule has 0 amide bonds. The van der Waals surface area contributed by atoms with Crippen molar-refractivity contribution in [1.29, 1.82) is 0 Å². The third-order valence-electron chi connectivity index (χ3n) is 3.91. The first-order chi connectivity index (χ1) is 11.3. The molecular weight excluding hydrogens is 373 g/mol. The summed E-state index contributed by atoms with van der Waals surface area (Å²) in [5.74, 6) is -0.879. The summed E-state index contributed by atoms with van der Waals surface area (Å²) in [5.41, 5.74) is 0. The van der Waals surface area contributed by atoms with E-state index in [1.807, 2.05) is 5.38 Å². The second-order valence-corrected chi connectivity index (χ2v) is 10.8. The van der Waals surface area contributed by atoms with Crippen molar-refractivity contribution >= 4 is 31.2 Å². The Morgan fingerprint density at radius 2 is 2.04 bits per heavy atom. The fourth-order valence-electron chi connectivity index (χ4n) is 2.73. The van der Waals surface area contributed by atoms with E-state index < -0.39 is 31.7 Å². The van der Waals surface area contributed by atoms with Crippen molar-refractivity contribution < 1.29 is 21.2 Å². The van der Waals surface area contributed by atoms with E-state index in [-0.39, 0.29) is 29.4 Å². The Morgan fingerprint density at radius 1 is 1.25 bits per heavy atom. The molecule has 3 rings (SSSR count). The molecular formula is C15H16FNO4S3. The first-order valence-electron chi connectivity index (χ1n) is 7.28. The van der Waals surface area contributed by atoms with E-state index in [1.165, 1.54) is 33.8 Å². The number of thiophene rings is 1. The van der Waals surface area contributed by atoms with Gasteiger partial charge in [0, 0.05) is 17.5 Å². The molecule has 0 radical (unpaired) electrons. The molecule has 9 heteroatoms. The average Bonchev–Trinajstić information content (AvgIpc) is 3.14. The standard InChI is InChI=1S/C15H16FNO4S3/c16-12-3-1-5-15(9-12)24(20,21)17(10-14-4-2-7-22-14)13-6-8-23(18,19)11-13/h1-5,7,9,13H,6,8,10-11H2/t13-/m1/s1. The summed E-state index contributed by atoms with van der Waals surface area (Å²) in [4.78, 5) is 0.641. The Labute approximate surface area is 144 Å². The van der Waals surface area contributed by atoms with Crippen LogP contribution in [0.25, 0.3) is 0 Å². The van der Waals surface area contributed by atoms with Gasteiger partial charge >= 0.3 is 0 Å². The van der Waals surface area contributed by atoms with Crippen LogP contribution in [0.1, 0.15) is 11.3 Å². The highest BCUT2D eigenvalue weighted by Gasteiger charge is 2.39. The second kappa shape index (κ2) is 6.55. The van der Waals surface area contributed by atoms with Gasteiger partial charge in [-0.3, -0.25) is 0 Å². The maximum atomic E-state index is 13.5. The van der Waals surface area contributed by atoms with Gasteiger partial charge < -0.3 is 0 Å². The fourth-order valence-corrected chi connectivity index (χ4v) is 7.01. The first kappa shape index (κ1) is 17.5. The van der Waals surface area contributed by atoms with Gasteiger partial charge in [0.05, 0.1) is 16.4 Å². The lowest BCUT2D eigenvalue weighted by molar-refractivity contribution is 0.336. The van der Waals surface area contributed by atoms with Crippen LogP contribution in [0, 0.1) is 5.82 Å². The van der Waals surface area contributed by atoms with E-state index in [2.05, 4.69) is 0 Å². The van der Waals surface area contributed by atoms with Gasteiger partial charge in [-0.2, -0.15) is 4.31 Å². The summed E-state index contributed by atoms with van der Waals surface area (Å²) in [6.45, 7) is 0.0801. The molecule has 2 aromatic rings. The highest BCUT2D eigenvalue weighted by atomic mass is 32.2. The molecule has 1 fully saturated rings. The van der Waals surface area contributed by atoms with E-state index >= 15 is 0 Å². The minimum Gasteiger partial charge on any atom is -0.229 e. The molecule has 1 aromatic heterocycles. The highest BCUT2D eigenvalue weighted by molar-refractivity contribution is 7.92. The molecule has 130 valence electrons. The summed E-state index contributed by atoms with van der Waals surface area (Å²) in [6.07, 6.45) is 0.252. The first-order valence-corrected chi connectivity index (χ1v) is 11.4. The summed E-state index contributed by atoms with van der Waals surface area (Å²) < 4.78 is 64.2.